The Bertz CT molecular complexity index is 557. The van der Waals surface area contributed by atoms with E-state index in [-0.39, 0.29) is 0 Å². The van der Waals surface area contributed by atoms with Crippen LogP contribution in [0.3, 0.4) is 0 Å². The molecule has 0 spiro atoms. The minimum absolute atomic E-state index is 0.768. The first kappa shape index (κ1) is 26.7. The zero-order chi connectivity index (χ0) is 21.4. The van der Waals surface area contributed by atoms with Crippen LogP contribution in [0.15, 0.2) is 58.2 Å². The number of hydrogen-bond donors (Lipinski definition) is 0. The quantitative estimate of drug-likeness (QED) is 0.261. The average Bonchev–Trinajstić information content (AvgIpc) is 2.59. The predicted octanol–water partition coefficient (Wildman–Crippen LogP) is 9.90. The van der Waals surface area contributed by atoms with Crippen LogP contribution in [0.1, 0.15) is 113 Å². The molecule has 28 heavy (non-hydrogen) atoms. The van der Waals surface area contributed by atoms with Crippen molar-refractivity contribution in [3.63, 3.8) is 0 Å². The van der Waals surface area contributed by atoms with Crippen LogP contribution in [-0.2, 0) is 0 Å². The normalized spacial score (nSPS) is 14.0. The van der Waals surface area contributed by atoms with Gasteiger partial charge in [-0.1, -0.05) is 72.1 Å². The van der Waals surface area contributed by atoms with Gasteiger partial charge in [-0.3, -0.25) is 0 Å². The molecule has 0 nitrogen and oxygen atoms in total. The molecular weight excluding hydrogens is 336 g/mol. The molecule has 0 saturated heterocycles. The first-order chi connectivity index (χ1) is 13.2. The summed E-state index contributed by atoms with van der Waals surface area (Å²) in [7, 11) is 0. The molecule has 0 unspecified atom stereocenters. The Morgan fingerprint density at radius 2 is 0.821 bits per heavy atom. The smallest absolute Gasteiger partial charge is 0.0288 e. The maximum Gasteiger partial charge on any atom is -0.0288 e. The molecule has 0 radical (unpaired) electrons. The Morgan fingerprint density at radius 1 is 0.500 bits per heavy atom. The SMILES string of the molecule is CC(C)=CCC/C(C)=C/CC/C(C)=C/CC/C(C)=C/CC/C(C)=C/CC(C)C. The Labute approximate surface area is 177 Å². The van der Waals surface area contributed by atoms with Gasteiger partial charge in [-0.25, -0.2) is 0 Å². The summed E-state index contributed by atoms with van der Waals surface area (Å²) in [5, 5.41) is 0. The van der Waals surface area contributed by atoms with E-state index in [4.69, 9.17) is 0 Å². The van der Waals surface area contributed by atoms with E-state index >= 15 is 0 Å². The fraction of sp³-hybridized carbons (Fsp3) is 0.643. The average molecular weight is 385 g/mol. The van der Waals surface area contributed by atoms with Crippen LogP contribution in [0.4, 0.5) is 0 Å². The molecule has 160 valence electrons. The molecule has 0 saturated carbocycles. The summed E-state index contributed by atoms with van der Waals surface area (Å²) in [5.41, 5.74) is 7.57. The molecule has 0 amide bonds. The monoisotopic (exact) mass is 384 g/mol. The molecule has 0 aliphatic carbocycles. The highest BCUT2D eigenvalue weighted by molar-refractivity contribution is 5.08. The molecular formula is C28H48. The molecule has 0 aromatic rings. The van der Waals surface area contributed by atoms with Crippen molar-refractivity contribution in [2.75, 3.05) is 0 Å². The lowest BCUT2D eigenvalue weighted by atomic mass is 10.0. The highest BCUT2D eigenvalue weighted by Gasteiger charge is 1.95. The lowest BCUT2D eigenvalue weighted by molar-refractivity contribution is 0.659. The molecule has 0 heterocycles. The Hall–Kier alpha value is -1.30. The van der Waals surface area contributed by atoms with E-state index in [9.17, 15) is 0 Å². The summed E-state index contributed by atoms with van der Waals surface area (Å²) in [4.78, 5) is 0. The van der Waals surface area contributed by atoms with Gasteiger partial charge in [0.05, 0.1) is 0 Å². The van der Waals surface area contributed by atoms with E-state index in [1.165, 1.54) is 85.7 Å². The zero-order valence-electron chi connectivity index (χ0n) is 20.3. The van der Waals surface area contributed by atoms with Gasteiger partial charge in [0, 0.05) is 0 Å². The van der Waals surface area contributed by atoms with Crippen molar-refractivity contribution in [2.45, 2.75) is 113 Å². The van der Waals surface area contributed by atoms with E-state index in [1.54, 1.807) is 0 Å². The van der Waals surface area contributed by atoms with Gasteiger partial charge < -0.3 is 0 Å². The molecule has 0 atom stereocenters. The van der Waals surface area contributed by atoms with E-state index in [0.717, 1.165) is 5.92 Å². The van der Waals surface area contributed by atoms with Crippen LogP contribution in [-0.4, -0.2) is 0 Å². The lowest BCUT2D eigenvalue weighted by Crippen LogP contribution is -1.85. The summed E-state index contributed by atoms with van der Waals surface area (Å²) < 4.78 is 0. The van der Waals surface area contributed by atoms with Gasteiger partial charge in [-0.2, -0.15) is 0 Å². The molecule has 0 aliphatic heterocycles. The van der Waals surface area contributed by atoms with Gasteiger partial charge in [0.25, 0.3) is 0 Å². The third kappa shape index (κ3) is 18.1. The second-order valence-electron chi connectivity index (χ2n) is 9.27. The second-order valence-corrected chi connectivity index (χ2v) is 9.27. The summed E-state index contributed by atoms with van der Waals surface area (Å²) >= 11 is 0. The first-order valence-electron chi connectivity index (χ1n) is 11.5. The first-order valence-corrected chi connectivity index (χ1v) is 11.5. The molecule has 0 aromatic heterocycles. The molecule has 0 fully saturated rings. The fourth-order valence-electron chi connectivity index (χ4n) is 3.07. The molecule has 0 aromatic carbocycles. The van der Waals surface area contributed by atoms with Crippen LogP contribution in [0.2, 0.25) is 0 Å². The maximum atomic E-state index is 2.44. The summed E-state index contributed by atoms with van der Waals surface area (Å²) in [6.07, 6.45) is 22.8. The summed E-state index contributed by atoms with van der Waals surface area (Å²) in [5.74, 6) is 0.768. The van der Waals surface area contributed by atoms with Crippen molar-refractivity contribution in [1.29, 1.82) is 0 Å². The summed E-state index contributed by atoms with van der Waals surface area (Å²) in [6, 6.07) is 0. The van der Waals surface area contributed by atoms with Crippen molar-refractivity contribution < 1.29 is 0 Å². The molecule has 0 bridgehead atoms. The van der Waals surface area contributed by atoms with Crippen molar-refractivity contribution in [1.82, 2.24) is 0 Å². The Morgan fingerprint density at radius 3 is 1.14 bits per heavy atom. The molecule has 0 heteroatoms. The van der Waals surface area contributed by atoms with Gasteiger partial charge >= 0.3 is 0 Å². The van der Waals surface area contributed by atoms with E-state index in [1.807, 2.05) is 0 Å². The van der Waals surface area contributed by atoms with Crippen molar-refractivity contribution >= 4 is 0 Å². The standard InChI is InChI=1S/C28H48/c1-23(2)13-9-14-25(5)15-10-16-26(6)17-11-18-27(7)19-12-20-28(8)22-21-24(3)4/h13,15,17,19,22,24H,9-12,14,16,18,20-21H2,1-8H3/b25-15+,26-17+,27-19+,28-22+. The van der Waals surface area contributed by atoms with Crippen molar-refractivity contribution in [3.05, 3.63) is 58.2 Å². The number of hydrogen-bond acceptors (Lipinski definition) is 0. The van der Waals surface area contributed by atoms with Crippen LogP contribution in [0.5, 0.6) is 0 Å². The second kappa shape index (κ2) is 16.6. The van der Waals surface area contributed by atoms with Gasteiger partial charge in [0.1, 0.15) is 0 Å². The lowest BCUT2D eigenvalue weighted by Gasteiger charge is -2.04. The Balaban J connectivity index is 4.06. The van der Waals surface area contributed by atoms with Crippen LogP contribution >= 0.6 is 0 Å². The van der Waals surface area contributed by atoms with E-state index in [2.05, 4.69) is 85.8 Å². The van der Waals surface area contributed by atoms with Crippen molar-refractivity contribution in [2.24, 2.45) is 5.92 Å². The van der Waals surface area contributed by atoms with Gasteiger partial charge in [-0.05, 0) is 105 Å². The number of rotatable bonds is 14. The van der Waals surface area contributed by atoms with Gasteiger partial charge in [0.15, 0.2) is 0 Å². The third-order valence-corrected chi connectivity index (χ3v) is 5.12. The highest BCUT2D eigenvalue weighted by atomic mass is 14.0. The fourth-order valence-corrected chi connectivity index (χ4v) is 3.07. The molecule has 0 aliphatic rings. The largest absolute Gasteiger partial charge is 0.0856 e. The summed E-state index contributed by atoms with van der Waals surface area (Å²) in [6.45, 7) is 18.0. The zero-order valence-corrected chi connectivity index (χ0v) is 20.3. The molecule has 0 N–H and O–H groups in total. The van der Waals surface area contributed by atoms with Crippen LogP contribution in [0.25, 0.3) is 0 Å². The van der Waals surface area contributed by atoms with E-state index in [0.29, 0.717) is 0 Å². The van der Waals surface area contributed by atoms with Crippen LogP contribution < -0.4 is 0 Å². The third-order valence-electron chi connectivity index (χ3n) is 5.12. The van der Waals surface area contributed by atoms with Crippen molar-refractivity contribution in [3.8, 4) is 0 Å². The highest BCUT2D eigenvalue weighted by Crippen LogP contribution is 2.15. The number of allylic oxidation sites excluding steroid dienone is 10. The van der Waals surface area contributed by atoms with Gasteiger partial charge in [-0.15, -0.1) is 0 Å². The minimum Gasteiger partial charge on any atom is -0.0856 e. The minimum atomic E-state index is 0.768. The Kier molecular flexibility index (Phi) is 15.9. The van der Waals surface area contributed by atoms with Crippen LogP contribution in [0, 0.1) is 5.92 Å². The van der Waals surface area contributed by atoms with E-state index < -0.39 is 0 Å². The maximum absolute atomic E-state index is 2.44. The molecule has 0 rings (SSSR count). The topological polar surface area (TPSA) is 0 Å². The van der Waals surface area contributed by atoms with Gasteiger partial charge in [0.2, 0.25) is 0 Å². The predicted molar refractivity (Wildman–Crippen MR) is 131 cm³/mol.